The monoisotopic (exact) mass is 410 g/mol. The van der Waals surface area contributed by atoms with Gasteiger partial charge in [0.25, 0.3) is 0 Å². The first kappa shape index (κ1) is 26.0. The minimum Gasteiger partial charge on any atom is -0.374 e. The van der Waals surface area contributed by atoms with Crippen LogP contribution in [0.4, 0.5) is 0 Å². The summed E-state index contributed by atoms with van der Waals surface area (Å²) in [6.45, 7) is 10.9. The normalized spacial score (nSPS) is 15.1. The Kier molecular flexibility index (Phi) is 19.1. The van der Waals surface area contributed by atoms with Crippen molar-refractivity contribution in [2.75, 3.05) is 11.5 Å². The minimum absolute atomic E-state index is 0.121. The first-order valence-corrected chi connectivity index (χ1v) is 12.6. The zero-order valence-electron chi connectivity index (χ0n) is 16.9. The highest BCUT2D eigenvalue weighted by Gasteiger charge is 2.31. The van der Waals surface area contributed by atoms with Crippen LogP contribution in [-0.4, -0.2) is 35.1 Å². The van der Waals surface area contributed by atoms with Crippen molar-refractivity contribution in [1.82, 2.24) is 0 Å². The van der Waals surface area contributed by atoms with Gasteiger partial charge in [0.2, 0.25) is 0 Å². The van der Waals surface area contributed by atoms with E-state index in [-0.39, 0.29) is 16.3 Å². The van der Waals surface area contributed by atoms with Crippen molar-refractivity contribution in [2.45, 2.75) is 102 Å². The van der Waals surface area contributed by atoms with Gasteiger partial charge in [-0.2, -0.15) is 0 Å². The Hall–Kier alpha value is 0.995. The van der Waals surface area contributed by atoms with Crippen molar-refractivity contribution in [1.29, 1.82) is 0 Å². The van der Waals surface area contributed by atoms with Crippen LogP contribution in [0.25, 0.3) is 0 Å². The molecule has 0 fully saturated rings. The summed E-state index contributed by atoms with van der Waals surface area (Å²) >= 11 is 8.26. The molecular formula is C18H39BO3S3. The average molecular weight is 411 g/mol. The highest BCUT2D eigenvalue weighted by molar-refractivity contribution is 8.00. The van der Waals surface area contributed by atoms with Gasteiger partial charge in [-0.15, -0.1) is 36.2 Å². The lowest BCUT2D eigenvalue weighted by molar-refractivity contribution is 0.0635. The average Bonchev–Trinajstić information content (AvgIpc) is 2.58. The zero-order chi connectivity index (χ0) is 18.9. The van der Waals surface area contributed by atoms with Gasteiger partial charge in [0, 0.05) is 0 Å². The maximum atomic E-state index is 6.22. The maximum Gasteiger partial charge on any atom is 0.641 e. The minimum atomic E-state index is -0.629. The maximum absolute atomic E-state index is 6.22. The number of hydrogen-bond donors (Lipinski definition) is 1. The molecule has 0 aromatic heterocycles. The van der Waals surface area contributed by atoms with Gasteiger partial charge in [0.15, 0.2) is 0 Å². The van der Waals surface area contributed by atoms with E-state index in [4.69, 9.17) is 14.0 Å². The van der Waals surface area contributed by atoms with Crippen LogP contribution in [0.3, 0.4) is 0 Å². The lowest BCUT2D eigenvalue weighted by Crippen LogP contribution is -2.36. The van der Waals surface area contributed by atoms with Gasteiger partial charge in [0.05, 0.1) is 16.3 Å². The molecule has 0 spiro atoms. The van der Waals surface area contributed by atoms with Crippen LogP contribution >= 0.6 is 36.2 Å². The fraction of sp³-hybridized carbons (Fsp3) is 1.00. The zero-order valence-corrected chi connectivity index (χ0v) is 19.4. The van der Waals surface area contributed by atoms with Crippen LogP contribution in [0, 0.1) is 0 Å². The molecule has 7 heteroatoms. The van der Waals surface area contributed by atoms with Gasteiger partial charge >= 0.3 is 7.32 Å². The van der Waals surface area contributed by atoms with E-state index in [0.29, 0.717) is 0 Å². The highest BCUT2D eigenvalue weighted by Crippen LogP contribution is 2.25. The summed E-state index contributed by atoms with van der Waals surface area (Å²) < 4.78 is 18.4. The van der Waals surface area contributed by atoms with Gasteiger partial charge in [-0.25, -0.2) is 0 Å². The predicted octanol–water partition coefficient (Wildman–Crippen LogP) is 6.62. The standard InChI is InChI=1S/C18H39BO3S3/c1-6-11-16(23)20-19(21-17(12-7-2)24-14-9-4)22-18(13-8-3)25-15-10-5/h16-18,23H,6-15H2,1-5H3. The second-order valence-corrected chi connectivity index (χ2v) is 9.23. The molecule has 3 atom stereocenters. The molecule has 0 aromatic rings. The topological polar surface area (TPSA) is 27.7 Å². The van der Waals surface area contributed by atoms with E-state index in [1.807, 2.05) is 23.5 Å². The molecule has 0 aromatic carbocycles. The fourth-order valence-corrected chi connectivity index (χ4v) is 4.64. The Morgan fingerprint density at radius 2 is 1.12 bits per heavy atom. The Labute approximate surface area is 171 Å². The van der Waals surface area contributed by atoms with Gasteiger partial charge in [0.1, 0.15) is 0 Å². The Balaban J connectivity index is 4.83. The van der Waals surface area contributed by atoms with Crippen LogP contribution in [0.15, 0.2) is 0 Å². The molecule has 0 bridgehead atoms. The van der Waals surface area contributed by atoms with Crippen LogP contribution in [0.2, 0.25) is 0 Å². The third-order valence-corrected chi connectivity index (χ3v) is 6.50. The molecule has 25 heavy (non-hydrogen) atoms. The van der Waals surface area contributed by atoms with Gasteiger partial charge in [-0.1, -0.05) is 53.9 Å². The van der Waals surface area contributed by atoms with Crippen molar-refractivity contribution >= 4 is 43.5 Å². The van der Waals surface area contributed by atoms with E-state index < -0.39 is 7.32 Å². The molecule has 0 saturated heterocycles. The molecule has 0 N–H and O–H groups in total. The van der Waals surface area contributed by atoms with Gasteiger partial charge < -0.3 is 14.0 Å². The van der Waals surface area contributed by atoms with E-state index in [0.717, 1.165) is 62.9 Å². The van der Waals surface area contributed by atoms with Crippen LogP contribution in [0.1, 0.15) is 86.0 Å². The van der Waals surface area contributed by atoms with Crippen LogP contribution < -0.4 is 0 Å². The molecule has 0 aliphatic carbocycles. The molecule has 0 amide bonds. The summed E-state index contributed by atoms with van der Waals surface area (Å²) in [6, 6.07) is 0. The fourth-order valence-electron chi connectivity index (χ4n) is 2.14. The number of hydrogen-bond acceptors (Lipinski definition) is 6. The third-order valence-electron chi connectivity index (χ3n) is 3.39. The largest absolute Gasteiger partial charge is 0.641 e. The number of thiol groups is 1. The molecule has 3 nitrogen and oxygen atoms in total. The van der Waals surface area contributed by atoms with E-state index in [2.05, 4.69) is 47.2 Å². The first-order valence-electron chi connectivity index (χ1n) is 9.98. The highest BCUT2D eigenvalue weighted by atomic mass is 32.2. The van der Waals surface area contributed by atoms with E-state index in [1.165, 1.54) is 0 Å². The Morgan fingerprint density at radius 1 is 0.680 bits per heavy atom. The molecule has 0 aliphatic rings. The van der Waals surface area contributed by atoms with E-state index in [9.17, 15) is 0 Å². The Bertz CT molecular complexity index is 268. The van der Waals surface area contributed by atoms with Gasteiger partial charge in [-0.3, -0.25) is 0 Å². The molecular weight excluding hydrogens is 371 g/mol. The third kappa shape index (κ3) is 14.7. The molecule has 0 rings (SSSR count). The van der Waals surface area contributed by atoms with Crippen molar-refractivity contribution in [3.8, 4) is 0 Å². The molecule has 0 saturated carbocycles. The quantitative estimate of drug-likeness (QED) is 0.156. The van der Waals surface area contributed by atoms with Crippen LogP contribution in [0.5, 0.6) is 0 Å². The number of thioether (sulfide) groups is 2. The molecule has 0 heterocycles. The van der Waals surface area contributed by atoms with Crippen molar-refractivity contribution in [2.24, 2.45) is 0 Å². The summed E-state index contributed by atoms with van der Waals surface area (Å²) in [5.41, 5.74) is 0.0954. The van der Waals surface area contributed by atoms with E-state index >= 15 is 0 Å². The predicted molar refractivity (Wildman–Crippen MR) is 120 cm³/mol. The summed E-state index contributed by atoms with van der Waals surface area (Å²) in [5, 5.41) is 0. The molecule has 0 radical (unpaired) electrons. The molecule has 0 aliphatic heterocycles. The molecule has 150 valence electrons. The van der Waals surface area contributed by atoms with Crippen molar-refractivity contribution in [3.63, 3.8) is 0 Å². The van der Waals surface area contributed by atoms with Crippen molar-refractivity contribution in [3.05, 3.63) is 0 Å². The molecule has 3 unspecified atom stereocenters. The van der Waals surface area contributed by atoms with Crippen molar-refractivity contribution < 1.29 is 14.0 Å². The lowest BCUT2D eigenvalue weighted by atomic mass is 10.2. The smallest absolute Gasteiger partial charge is 0.374 e. The van der Waals surface area contributed by atoms with E-state index in [1.54, 1.807) is 0 Å². The summed E-state index contributed by atoms with van der Waals surface area (Å²) in [6.07, 6.45) is 8.44. The SMILES string of the molecule is CCCSC(CCC)OB(OC(S)CCC)OC(CCC)SCCC. The lowest BCUT2D eigenvalue weighted by Gasteiger charge is -2.26. The first-order chi connectivity index (χ1) is 12.1. The summed E-state index contributed by atoms with van der Waals surface area (Å²) in [7, 11) is -0.629. The Morgan fingerprint density at radius 3 is 1.48 bits per heavy atom. The number of rotatable bonds is 18. The second-order valence-electron chi connectivity index (χ2n) is 6.12. The van der Waals surface area contributed by atoms with Crippen LogP contribution in [-0.2, 0) is 14.0 Å². The summed E-state index contributed by atoms with van der Waals surface area (Å²) in [4.78, 5) is 0. The summed E-state index contributed by atoms with van der Waals surface area (Å²) in [5.74, 6) is 2.19. The van der Waals surface area contributed by atoms with Gasteiger partial charge in [-0.05, 0) is 43.6 Å². The second kappa shape index (κ2) is 18.4.